The number of rotatable bonds is 3. The van der Waals surface area contributed by atoms with Crippen LogP contribution in [0.4, 0.5) is 0 Å². The molecule has 6 nitrogen and oxygen atoms in total. The van der Waals surface area contributed by atoms with E-state index >= 15 is 0 Å². The highest BCUT2D eigenvalue weighted by Crippen LogP contribution is 1.98. The topological polar surface area (TPSA) is 81.4 Å². The van der Waals surface area contributed by atoms with E-state index in [4.69, 9.17) is 5.11 Å². The Hall–Kier alpha value is -1.85. The van der Waals surface area contributed by atoms with Crippen molar-refractivity contribution in [3.8, 4) is 0 Å². The molecule has 13 heavy (non-hydrogen) atoms. The fourth-order valence-electron chi connectivity index (χ4n) is 0.827. The van der Waals surface area contributed by atoms with Crippen LogP contribution in [0.1, 0.15) is 10.5 Å². The average Bonchev–Trinajstić information content (AvgIpc) is 2.52. The number of carbonyl (C=O) groups is 2. The van der Waals surface area contributed by atoms with Crippen LogP contribution >= 0.6 is 0 Å². The van der Waals surface area contributed by atoms with Gasteiger partial charge in [-0.2, -0.15) is 5.10 Å². The monoisotopic (exact) mass is 184 g/mol. The Bertz CT molecular complexity index is 331. The number of hydrogen-bond acceptors (Lipinski definition) is 4. The molecule has 0 bridgehead atoms. The summed E-state index contributed by atoms with van der Waals surface area (Å²) in [7, 11) is 1.23. The van der Waals surface area contributed by atoms with E-state index in [1.807, 2.05) is 0 Å². The zero-order valence-corrected chi connectivity index (χ0v) is 6.93. The Morgan fingerprint density at radius 2 is 2.38 bits per heavy atom. The molecule has 0 radical (unpaired) electrons. The van der Waals surface area contributed by atoms with Crippen LogP contribution in [0, 0.1) is 0 Å². The number of esters is 1. The fraction of sp³-hybridized carbons (Fsp3) is 0.286. The van der Waals surface area contributed by atoms with Gasteiger partial charge in [0.25, 0.3) is 0 Å². The Morgan fingerprint density at radius 3 is 2.92 bits per heavy atom. The summed E-state index contributed by atoms with van der Waals surface area (Å²) >= 11 is 0. The number of aromatic nitrogens is 2. The molecule has 0 amide bonds. The lowest BCUT2D eigenvalue weighted by Crippen LogP contribution is -2.17. The maximum Gasteiger partial charge on any atom is 0.354 e. The van der Waals surface area contributed by atoms with Crippen molar-refractivity contribution in [2.24, 2.45) is 0 Å². The largest absolute Gasteiger partial charge is 0.477 e. The third-order valence-electron chi connectivity index (χ3n) is 1.44. The second kappa shape index (κ2) is 3.70. The van der Waals surface area contributed by atoms with Crippen molar-refractivity contribution >= 4 is 11.9 Å². The molecule has 0 aromatic carbocycles. The molecule has 0 aliphatic carbocycles. The van der Waals surface area contributed by atoms with Crippen LogP contribution in [0.5, 0.6) is 0 Å². The Labute approximate surface area is 73.7 Å². The quantitative estimate of drug-likeness (QED) is 0.655. The highest BCUT2D eigenvalue weighted by Gasteiger charge is 2.12. The molecule has 1 aromatic heterocycles. The molecule has 0 saturated heterocycles. The van der Waals surface area contributed by atoms with Gasteiger partial charge in [0.2, 0.25) is 0 Å². The number of nitrogens with zero attached hydrogens (tertiary/aromatic N) is 2. The number of ether oxygens (including phenoxy) is 1. The minimum atomic E-state index is -1.12. The average molecular weight is 184 g/mol. The predicted molar refractivity (Wildman–Crippen MR) is 41.2 cm³/mol. The van der Waals surface area contributed by atoms with Crippen molar-refractivity contribution in [2.75, 3.05) is 7.11 Å². The molecule has 0 aliphatic heterocycles. The van der Waals surface area contributed by atoms with Crippen LogP contribution in [0.15, 0.2) is 12.3 Å². The highest BCUT2D eigenvalue weighted by atomic mass is 16.5. The molecule has 0 spiro atoms. The summed E-state index contributed by atoms with van der Waals surface area (Å²) in [5.74, 6) is -1.66. The number of carbonyl (C=O) groups excluding carboxylic acids is 1. The first-order valence-electron chi connectivity index (χ1n) is 3.47. The molecule has 0 saturated carbocycles. The van der Waals surface area contributed by atoms with E-state index in [1.54, 1.807) is 0 Å². The van der Waals surface area contributed by atoms with Crippen molar-refractivity contribution in [1.82, 2.24) is 9.78 Å². The van der Waals surface area contributed by atoms with E-state index in [0.29, 0.717) is 0 Å². The molecule has 0 atom stereocenters. The molecule has 1 heterocycles. The van der Waals surface area contributed by atoms with Gasteiger partial charge in [0.15, 0.2) is 0 Å². The van der Waals surface area contributed by atoms with Gasteiger partial charge < -0.3 is 9.84 Å². The normalized spacial score (nSPS) is 9.62. The second-order valence-corrected chi connectivity index (χ2v) is 2.26. The van der Waals surface area contributed by atoms with Crippen molar-refractivity contribution in [1.29, 1.82) is 0 Å². The lowest BCUT2D eigenvalue weighted by Gasteiger charge is -2.01. The molecule has 0 aliphatic rings. The smallest absolute Gasteiger partial charge is 0.354 e. The summed E-state index contributed by atoms with van der Waals surface area (Å²) in [4.78, 5) is 21.3. The van der Waals surface area contributed by atoms with E-state index in [1.165, 1.54) is 19.4 Å². The van der Waals surface area contributed by atoms with Gasteiger partial charge in [-0.3, -0.25) is 4.79 Å². The number of methoxy groups -OCH3 is 1. The summed E-state index contributed by atoms with van der Waals surface area (Å²) in [5.41, 5.74) is -0.0367. The summed E-state index contributed by atoms with van der Waals surface area (Å²) in [6, 6.07) is 1.31. The lowest BCUT2D eigenvalue weighted by molar-refractivity contribution is -0.141. The van der Waals surface area contributed by atoms with Gasteiger partial charge in [-0.1, -0.05) is 0 Å². The van der Waals surface area contributed by atoms with Crippen molar-refractivity contribution in [2.45, 2.75) is 6.54 Å². The molecule has 0 fully saturated rings. The number of hydrogen-bond donors (Lipinski definition) is 1. The van der Waals surface area contributed by atoms with Crippen LogP contribution in [0.3, 0.4) is 0 Å². The van der Waals surface area contributed by atoms with Gasteiger partial charge in [0, 0.05) is 6.20 Å². The molecule has 1 rings (SSSR count). The second-order valence-electron chi connectivity index (χ2n) is 2.26. The zero-order valence-electron chi connectivity index (χ0n) is 6.93. The maximum absolute atomic E-state index is 10.8. The van der Waals surface area contributed by atoms with Gasteiger partial charge in [0.05, 0.1) is 7.11 Å². The van der Waals surface area contributed by atoms with Gasteiger partial charge in [-0.05, 0) is 6.07 Å². The van der Waals surface area contributed by atoms with E-state index in [2.05, 4.69) is 9.84 Å². The SMILES string of the molecule is COC(=O)Cn1nccc1C(=O)O. The van der Waals surface area contributed by atoms with Gasteiger partial charge in [-0.15, -0.1) is 0 Å². The van der Waals surface area contributed by atoms with Crippen molar-refractivity contribution < 1.29 is 19.4 Å². The first kappa shape index (κ1) is 9.24. The first-order valence-corrected chi connectivity index (χ1v) is 3.47. The molecular formula is C7H8N2O4. The van der Waals surface area contributed by atoms with Crippen molar-refractivity contribution in [3.05, 3.63) is 18.0 Å². The number of carboxylic acid groups (broad SMARTS) is 1. The Kier molecular flexibility index (Phi) is 2.63. The van der Waals surface area contributed by atoms with E-state index < -0.39 is 11.9 Å². The van der Waals surface area contributed by atoms with Crippen LogP contribution in [-0.2, 0) is 16.1 Å². The Balaban J connectivity index is 2.82. The summed E-state index contributed by atoms with van der Waals surface area (Å²) in [6.07, 6.45) is 1.31. The summed E-state index contributed by atoms with van der Waals surface area (Å²) in [6.45, 7) is -0.189. The van der Waals surface area contributed by atoms with Gasteiger partial charge >= 0.3 is 11.9 Å². The molecule has 1 N–H and O–H groups in total. The summed E-state index contributed by atoms with van der Waals surface area (Å²) < 4.78 is 5.43. The van der Waals surface area contributed by atoms with Crippen molar-refractivity contribution in [3.63, 3.8) is 0 Å². The lowest BCUT2D eigenvalue weighted by atomic mass is 10.4. The predicted octanol–water partition coefficient (Wildman–Crippen LogP) is -0.246. The minimum absolute atomic E-state index is 0.0367. The highest BCUT2D eigenvalue weighted by molar-refractivity contribution is 5.86. The van der Waals surface area contributed by atoms with Crippen LogP contribution in [0.2, 0.25) is 0 Å². The zero-order chi connectivity index (χ0) is 9.84. The van der Waals surface area contributed by atoms with E-state index in [-0.39, 0.29) is 12.2 Å². The standard InChI is InChI=1S/C7H8N2O4/c1-13-6(10)4-9-5(7(11)12)2-3-8-9/h2-3H,4H2,1H3,(H,11,12). The molecule has 70 valence electrons. The maximum atomic E-state index is 10.8. The van der Waals surface area contributed by atoms with Crippen LogP contribution in [-0.4, -0.2) is 33.9 Å². The van der Waals surface area contributed by atoms with Gasteiger partial charge in [-0.25, -0.2) is 9.48 Å². The van der Waals surface area contributed by atoms with Crippen LogP contribution in [0.25, 0.3) is 0 Å². The minimum Gasteiger partial charge on any atom is -0.477 e. The van der Waals surface area contributed by atoms with E-state index in [0.717, 1.165) is 4.68 Å². The van der Waals surface area contributed by atoms with Crippen LogP contribution < -0.4 is 0 Å². The molecule has 1 aromatic rings. The third-order valence-corrected chi connectivity index (χ3v) is 1.44. The number of carboxylic acids is 1. The summed E-state index contributed by atoms with van der Waals surface area (Å²) in [5, 5.41) is 12.3. The molecule has 0 unspecified atom stereocenters. The third kappa shape index (κ3) is 2.05. The Morgan fingerprint density at radius 1 is 1.69 bits per heavy atom. The van der Waals surface area contributed by atoms with Gasteiger partial charge in [0.1, 0.15) is 12.2 Å². The molecular weight excluding hydrogens is 176 g/mol. The molecule has 6 heteroatoms. The fourth-order valence-corrected chi connectivity index (χ4v) is 0.827. The van der Waals surface area contributed by atoms with E-state index in [9.17, 15) is 9.59 Å². The number of aromatic carboxylic acids is 1. The first-order chi connectivity index (χ1) is 6.15.